The predicted molar refractivity (Wildman–Crippen MR) is 124 cm³/mol. The van der Waals surface area contributed by atoms with Crippen LogP contribution >= 0.6 is 11.3 Å². The number of rotatable bonds is 6. The van der Waals surface area contributed by atoms with Crippen LogP contribution in [0.2, 0.25) is 0 Å². The van der Waals surface area contributed by atoms with Crippen molar-refractivity contribution in [3.8, 4) is 11.8 Å². The molecule has 0 radical (unpaired) electrons. The molecular weight excluding hydrogens is 388 g/mol. The van der Waals surface area contributed by atoms with E-state index in [9.17, 15) is 4.79 Å². The van der Waals surface area contributed by atoms with Crippen molar-refractivity contribution in [2.45, 2.75) is 13.0 Å². The number of carbonyl (C=O) groups excluding carboxylic acids is 1. The van der Waals surface area contributed by atoms with E-state index in [1.807, 2.05) is 42.5 Å². The third-order valence-corrected chi connectivity index (χ3v) is 6.40. The first-order valence-electron chi connectivity index (χ1n) is 10.4. The second-order valence-electron chi connectivity index (χ2n) is 7.56. The summed E-state index contributed by atoms with van der Waals surface area (Å²) < 4.78 is 0. The van der Waals surface area contributed by atoms with Gasteiger partial charge in [0.05, 0.1) is 9.75 Å². The molecule has 2 heterocycles. The van der Waals surface area contributed by atoms with Crippen LogP contribution in [0.4, 0.5) is 0 Å². The van der Waals surface area contributed by atoms with E-state index in [0.29, 0.717) is 6.42 Å². The van der Waals surface area contributed by atoms with Crippen molar-refractivity contribution in [1.29, 1.82) is 0 Å². The lowest BCUT2D eigenvalue weighted by Crippen LogP contribution is -2.46. The third-order valence-electron chi connectivity index (χ3n) is 5.35. The van der Waals surface area contributed by atoms with Gasteiger partial charge >= 0.3 is 0 Å². The Hall–Kier alpha value is -2.71. The molecule has 4 rings (SSSR count). The molecule has 30 heavy (non-hydrogen) atoms. The van der Waals surface area contributed by atoms with Crippen molar-refractivity contribution in [1.82, 2.24) is 9.80 Å². The summed E-state index contributed by atoms with van der Waals surface area (Å²) in [5.74, 6) is 6.54. The highest BCUT2D eigenvalue weighted by Gasteiger charge is 2.18. The van der Waals surface area contributed by atoms with Gasteiger partial charge in [0.2, 0.25) is 0 Å². The molecule has 2 aromatic carbocycles. The Kier molecular flexibility index (Phi) is 7.10. The number of Topliss-reactive ketones (excluding diaryl/α,β-unsaturated/α-hetero) is 1. The van der Waals surface area contributed by atoms with E-state index < -0.39 is 0 Å². The van der Waals surface area contributed by atoms with Gasteiger partial charge in [0.15, 0.2) is 5.78 Å². The fourth-order valence-electron chi connectivity index (χ4n) is 3.61. The minimum atomic E-state index is 0.222. The van der Waals surface area contributed by atoms with Gasteiger partial charge in [-0.3, -0.25) is 9.69 Å². The molecule has 0 aliphatic carbocycles. The Labute approximate surface area is 183 Å². The van der Waals surface area contributed by atoms with E-state index in [-0.39, 0.29) is 5.78 Å². The molecule has 3 nitrogen and oxygen atoms in total. The Balaban J connectivity index is 1.22. The monoisotopic (exact) mass is 414 g/mol. The molecule has 1 aliphatic rings. The molecule has 0 N–H and O–H groups in total. The Morgan fingerprint density at radius 1 is 0.800 bits per heavy atom. The smallest absolute Gasteiger partial charge is 0.174 e. The Morgan fingerprint density at radius 3 is 2.20 bits per heavy atom. The zero-order valence-corrected chi connectivity index (χ0v) is 17.9. The molecular formula is C26H26N2OS. The van der Waals surface area contributed by atoms with Crippen LogP contribution in [0.15, 0.2) is 72.8 Å². The number of hydrogen-bond acceptors (Lipinski definition) is 4. The zero-order valence-electron chi connectivity index (χ0n) is 17.1. The molecule has 0 unspecified atom stereocenters. The summed E-state index contributed by atoms with van der Waals surface area (Å²) in [6, 6.07) is 24.4. The van der Waals surface area contributed by atoms with Crippen molar-refractivity contribution in [3.05, 3.63) is 93.7 Å². The highest BCUT2D eigenvalue weighted by atomic mass is 32.1. The molecule has 1 aliphatic heterocycles. The van der Waals surface area contributed by atoms with Crippen LogP contribution in [-0.2, 0) is 6.54 Å². The summed E-state index contributed by atoms with van der Waals surface area (Å²) in [5.41, 5.74) is 2.36. The summed E-state index contributed by atoms with van der Waals surface area (Å²) in [6.45, 7) is 6.01. The lowest BCUT2D eigenvalue weighted by atomic mass is 10.2. The van der Waals surface area contributed by atoms with Crippen LogP contribution in [0.5, 0.6) is 0 Å². The fourth-order valence-corrected chi connectivity index (χ4v) is 4.43. The number of benzene rings is 2. The molecule has 0 saturated carbocycles. The maximum absolute atomic E-state index is 12.6. The minimum absolute atomic E-state index is 0.222. The fraction of sp³-hybridized carbons (Fsp3) is 0.269. The number of piperazine rings is 1. The van der Waals surface area contributed by atoms with Crippen LogP contribution in [0, 0.1) is 11.8 Å². The van der Waals surface area contributed by atoms with Gasteiger partial charge in [0.1, 0.15) is 0 Å². The van der Waals surface area contributed by atoms with Crippen LogP contribution in [0.3, 0.4) is 0 Å². The third kappa shape index (κ3) is 5.90. The van der Waals surface area contributed by atoms with Crippen LogP contribution in [-0.4, -0.2) is 48.3 Å². The first kappa shape index (κ1) is 20.6. The summed E-state index contributed by atoms with van der Waals surface area (Å²) in [7, 11) is 0. The van der Waals surface area contributed by atoms with Crippen molar-refractivity contribution in [2.24, 2.45) is 0 Å². The molecule has 0 spiro atoms. The molecule has 1 fully saturated rings. The standard InChI is InChI=1S/C26H26N2OS/c29-25(26-14-13-24(30-26)12-11-22-7-3-1-4-8-22)15-16-27-17-19-28(20-18-27)21-23-9-5-2-6-10-23/h1-10,13-14H,15-21H2. The molecule has 0 bridgehead atoms. The van der Waals surface area contributed by atoms with Crippen LogP contribution in [0.25, 0.3) is 0 Å². The maximum Gasteiger partial charge on any atom is 0.174 e. The first-order valence-corrected chi connectivity index (χ1v) is 11.3. The van der Waals surface area contributed by atoms with Gasteiger partial charge in [-0.15, -0.1) is 11.3 Å². The lowest BCUT2D eigenvalue weighted by molar-refractivity contribution is 0.0926. The molecule has 3 aromatic rings. The van der Waals surface area contributed by atoms with Crippen molar-refractivity contribution in [2.75, 3.05) is 32.7 Å². The highest BCUT2D eigenvalue weighted by Crippen LogP contribution is 2.18. The van der Waals surface area contributed by atoms with Gasteiger partial charge in [-0.1, -0.05) is 60.4 Å². The topological polar surface area (TPSA) is 23.6 Å². The molecule has 0 atom stereocenters. The largest absolute Gasteiger partial charge is 0.300 e. The van der Waals surface area contributed by atoms with Gasteiger partial charge in [-0.05, 0) is 29.8 Å². The number of hydrogen-bond donors (Lipinski definition) is 0. The number of nitrogens with zero attached hydrogens (tertiary/aromatic N) is 2. The SMILES string of the molecule is O=C(CCN1CCN(Cc2ccccc2)CC1)c1ccc(C#Cc2ccccc2)s1. The average molecular weight is 415 g/mol. The highest BCUT2D eigenvalue weighted by molar-refractivity contribution is 7.14. The summed E-state index contributed by atoms with van der Waals surface area (Å²) in [6.07, 6.45) is 0.574. The molecule has 4 heteroatoms. The summed E-state index contributed by atoms with van der Waals surface area (Å²) >= 11 is 1.50. The van der Waals surface area contributed by atoms with E-state index in [2.05, 4.69) is 52.0 Å². The molecule has 152 valence electrons. The Morgan fingerprint density at radius 2 is 1.47 bits per heavy atom. The van der Waals surface area contributed by atoms with E-state index >= 15 is 0 Å². The summed E-state index contributed by atoms with van der Waals surface area (Å²) in [5, 5.41) is 0. The molecule has 1 saturated heterocycles. The second kappa shape index (κ2) is 10.4. The number of ketones is 1. The van der Waals surface area contributed by atoms with E-state index in [0.717, 1.165) is 54.6 Å². The van der Waals surface area contributed by atoms with Crippen molar-refractivity contribution in [3.63, 3.8) is 0 Å². The van der Waals surface area contributed by atoms with Gasteiger partial charge in [-0.2, -0.15) is 0 Å². The minimum Gasteiger partial charge on any atom is -0.300 e. The van der Waals surface area contributed by atoms with E-state index in [4.69, 9.17) is 0 Å². The molecule has 1 aromatic heterocycles. The van der Waals surface area contributed by atoms with Crippen LogP contribution in [0.1, 0.15) is 32.1 Å². The Bertz CT molecular complexity index is 1010. The van der Waals surface area contributed by atoms with Gasteiger partial charge in [-0.25, -0.2) is 0 Å². The van der Waals surface area contributed by atoms with Gasteiger partial charge in [0.25, 0.3) is 0 Å². The summed E-state index contributed by atoms with van der Waals surface area (Å²) in [4.78, 5) is 19.3. The van der Waals surface area contributed by atoms with Crippen molar-refractivity contribution < 1.29 is 4.79 Å². The first-order chi connectivity index (χ1) is 14.8. The zero-order chi connectivity index (χ0) is 20.6. The normalized spacial score (nSPS) is 14.8. The van der Waals surface area contributed by atoms with E-state index in [1.54, 1.807) is 0 Å². The van der Waals surface area contributed by atoms with Gasteiger partial charge < -0.3 is 4.90 Å². The number of carbonyl (C=O) groups is 1. The number of thiophene rings is 1. The molecule has 0 amide bonds. The quantitative estimate of drug-likeness (QED) is 0.437. The van der Waals surface area contributed by atoms with Crippen molar-refractivity contribution >= 4 is 17.1 Å². The van der Waals surface area contributed by atoms with E-state index in [1.165, 1.54) is 16.9 Å². The predicted octanol–water partition coefficient (Wildman–Crippen LogP) is 4.54. The average Bonchev–Trinajstić information content (AvgIpc) is 3.28. The van der Waals surface area contributed by atoms with Crippen LogP contribution < -0.4 is 0 Å². The van der Waals surface area contributed by atoms with Gasteiger partial charge in [0, 0.05) is 51.3 Å². The maximum atomic E-state index is 12.6. The second-order valence-corrected chi connectivity index (χ2v) is 8.64. The lowest BCUT2D eigenvalue weighted by Gasteiger charge is -2.34.